The smallest absolute Gasteiger partial charge is 0.0456 e. The van der Waals surface area contributed by atoms with Gasteiger partial charge in [0.05, 0.1) is 0 Å². The normalized spacial score (nSPS) is 34.2. The molecule has 0 bridgehead atoms. The molecule has 2 N–H and O–H groups in total. The van der Waals surface area contributed by atoms with Crippen LogP contribution in [0.1, 0.15) is 69.0 Å². The van der Waals surface area contributed by atoms with E-state index in [1.54, 1.807) is 0 Å². The molecule has 4 unspecified atom stereocenters. The summed E-state index contributed by atoms with van der Waals surface area (Å²) >= 11 is 0. The molecule has 1 aromatic rings. The lowest BCUT2D eigenvalue weighted by molar-refractivity contribution is 0.151. The minimum absolute atomic E-state index is 0.190. The van der Waals surface area contributed by atoms with E-state index in [1.807, 2.05) is 0 Å². The Morgan fingerprint density at radius 3 is 2.67 bits per heavy atom. The van der Waals surface area contributed by atoms with Crippen LogP contribution < -0.4 is 5.73 Å². The molecular weight excluding hydrogens is 256 g/mol. The van der Waals surface area contributed by atoms with E-state index in [9.17, 15) is 0 Å². The molecule has 0 radical (unpaired) electrons. The minimum atomic E-state index is 0.190. The first-order chi connectivity index (χ1) is 10.2. The maximum Gasteiger partial charge on any atom is 0.0456 e. The number of hydrogen-bond acceptors (Lipinski definition) is 2. The average molecular weight is 286 g/mol. The van der Waals surface area contributed by atoms with Gasteiger partial charge in [0.2, 0.25) is 0 Å². The predicted molar refractivity (Wildman–Crippen MR) is 89.4 cm³/mol. The largest absolute Gasteiger partial charge is 0.323 e. The van der Waals surface area contributed by atoms with Crippen molar-refractivity contribution < 1.29 is 0 Å². The van der Waals surface area contributed by atoms with Gasteiger partial charge in [-0.3, -0.25) is 4.90 Å². The van der Waals surface area contributed by atoms with Gasteiger partial charge >= 0.3 is 0 Å². The third-order valence-electron chi connectivity index (χ3n) is 5.82. The van der Waals surface area contributed by atoms with Gasteiger partial charge in [0.25, 0.3) is 0 Å². The Morgan fingerprint density at radius 1 is 1.14 bits per heavy atom. The average Bonchev–Trinajstić information content (AvgIpc) is 2.76. The molecule has 1 aliphatic heterocycles. The molecule has 2 heteroatoms. The van der Waals surface area contributed by atoms with Gasteiger partial charge in [-0.15, -0.1) is 0 Å². The Balaban J connectivity index is 1.77. The number of hydrogen-bond donors (Lipinski definition) is 1. The topological polar surface area (TPSA) is 29.3 Å². The van der Waals surface area contributed by atoms with Crippen LogP contribution in [0.25, 0.3) is 0 Å². The summed E-state index contributed by atoms with van der Waals surface area (Å²) in [6.45, 7) is 7.19. The maximum atomic E-state index is 6.66. The number of nitrogens with two attached hydrogens (primary N) is 1. The number of nitrogens with zero attached hydrogens (tertiary/aromatic N) is 1. The molecule has 21 heavy (non-hydrogen) atoms. The van der Waals surface area contributed by atoms with Crippen molar-refractivity contribution in [2.45, 2.75) is 64.0 Å². The Hall–Kier alpha value is -0.860. The summed E-state index contributed by atoms with van der Waals surface area (Å²) in [5.41, 5.74) is 9.52. The van der Waals surface area contributed by atoms with E-state index in [2.05, 4.69) is 43.0 Å². The molecule has 0 saturated carbocycles. The first kappa shape index (κ1) is 15.1. The number of fused-ring (bicyclic) bond motifs is 1. The van der Waals surface area contributed by atoms with Crippen LogP contribution in [-0.4, -0.2) is 24.0 Å². The summed E-state index contributed by atoms with van der Waals surface area (Å²) in [6.07, 6.45) is 6.66. The number of likely N-dealkylation sites (tertiary alicyclic amines) is 1. The molecule has 1 aliphatic carbocycles. The third-order valence-corrected chi connectivity index (χ3v) is 5.82. The summed E-state index contributed by atoms with van der Waals surface area (Å²) in [5, 5.41) is 0. The minimum Gasteiger partial charge on any atom is -0.323 e. The third kappa shape index (κ3) is 3.02. The highest BCUT2D eigenvalue weighted by Gasteiger charge is 2.34. The van der Waals surface area contributed by atoms with Crippen molar-refractivity contribution in [3.8, 4) is 0 Å². The van der Waals surface area contributed by atoms with Crippen molar-refractivity contribution in [1.29, 1.82) is 0 Å². The molecule has 4 atom stereocenters. The first-order valence-electron chi connectivity index (χ1n) is 8.79. The Kier molecular flexibility index (Phi) is 4.66. The SMILES string of the molecule is CCC1CCCN(C2CC(C)c3ccccc3C2N)CC1. The second-order valence-electron chi connectivity index (χ2n) is 7.10. The monoisotopic (exact) mass is 286 g/mol. The Bertz CT molecular complexity index is 470. The van der Waals surface area contributed by atoms with Gasteiger partial charge in [0.15, 0.2) is 0 Å². The Labute approximate surface area is 129 Å². The fraction of sp³-hybridized carbons (Fsp3) is 0.684. The van der Waals surface area contributed by atoms with Gasteiger partial charge in [0.1, 0.15) is 0 Å². The fourth-order valence-electron chi connectivity index (χ4n) is 4.41. The van der Waals surface area contributed by atoms with Crippen LogP contribution >= 0.6 is 0 Å². The molecule has 0 aromatic heterocycles. The Morgan fingerprint density at radius 2 is 1.90 bits per heavy atom. The highest BCUT2D eigenvalue weighted by Crippen LogP contribution is 2.39. The van der Waals surface area contributed by atoms with E-state index in [0.29, 0.717) is 12.0 Å². The van der Waals surface area contributed by atoms with Crippen LogP contribution in [0.4, 0.5) is 0 Å². The molecule has 0 amide bonds. The molecular formula is C19H30N2. The number of benzene rings is 1. The van der Waals surface area contributed by atoms with Crippen LogP contribution in [-0.2, 0) is 0 Å². The van der Waals surface area contributed by atoms with E-state index in [4.69, 9.17) is 5.73 Å². The van der Waals surface area contributed by atoms with Crippen molar-refractivity contribution in [3.63, 3.8) is 0 Å². The van der Waals surface area contributed by atoms with Crippen molar-refractivity contribution in [3.05, 3.63) is 35.4 Å². The quantitative estimate of drug-likeness (QED) is 0.888. The van der Waals surface area contributed by atoms with Crippen molar-refractivity contribution in [2.24, 2.45) is 11.7 Å². The molecule has 116 valence electrons. The molecule has 2 aliphatic rings. The van der Waals surface area contributed by atoms with Crippen LogP contribution in [0.3, 0.4) is 0 Å². The summed E-state index contributed by atoms with van der Waals surface area (Å²) < 4.78 is 0. The maximum absolute atomic E-state index is 6.66. The second-order valence-corrected chi connectivity index (χ2v) is 7.10. The van der Waals surface area contributed by atoms with Gasteiger partial charge in [-0.2, -0.15) is 0 Å². The van der Waals surface area contributed by atoms with Gasteiger partial charge in [-0.25, -0.2) is 0 Å². The zero-order valence-corrected chi connectivity index (χ0v) is 13.6. The van der Waals surface area contributed by atoms with Crippen LogP contribution in [0, 0.1) is 5.92 Å². The lowest BCUT2D eigenvalue weighted by atomic mass is 9.77. The molecule has 1 heterocycles. The van der Waals surface area contributed by atoms with Gasteiger partial charge in [-0.1, -0.05) is 44.5 Å². The molecule has 3 rings (SSSR count). The van der Waals surface area contributed by atoms with E-state index >= 15 is 0 Å². The zero-order valence-electron chi connectivity index (χ0n) is 13.6. The van der Waals surface area contributed by atoms with Crippen LogP contribution in [0.5, 0.6) is 0 Å². The lowest BCUT2D eigenvalue weighted by Crippen LogP contribution is -2.46. The van der Waals surface area contributed by atoms with Crippen LogP contribution in [0.15, 0.2) is 24.3 Å². The van der Waals surface area contributed by atoms with Gasteiger partial charge in [0, 0.05) is 12.1 Å². The van der Waals surface area contributed by atoms with Crippen LogP contribution in [0.2, 0.25) is 0 Å². The second kappa shape index (κ2) is 6.50. The first-order valence-corrected chi connectivity index (χ1v) is 8.79. The standard InChI is InChI=1S/C19H30N2/c1-3-15-7-6-11-21(12-10-15)18-13-14(2)16-8-4-5-9-17(16)19(18)20/h4-5,8-9,14-15,18-19H,3,6-7,10-13,20H2,1-2H3. The molecule has 2 nitrogen and oxygen atoms in total. The summed E-state index contributed by atoms with van der Waals surface area (Å²) in [4.78, 5) is 2.70. The van der Waals surface area contributed by atoms with Crippen molar-refractivity contribution >= 4 is 0 Å². The lowest BCUT2D eigenvalue weighted by Gasteiger charge is -2.41. The van der Waals surface area contributed by atoms with Gasteiger partial charge in [-0.05, 0) is 61.7 Å². The van der Waals surface area contributed by atoms with E-state index in [0.717, 1.165) is 5.92 Å². The molecule has 1 saturated heterocycles. The van der Waals surface area contributed by atoms with E-state index in [1.165, 1.54) is 56.3 Å². The predicted octanol–water partition coefficient (Wildman–Crippen LogP) is 4.07. The highest BCUT2D eigenvalue weighted by molar-refractivity contribution is 5.36. The van der Waals surface area contributed by atoms with E-state index < -0.39 is 0 Å². The number of rotatable bonds is 2. The summed E-state index contributed by atoms with van der Waals surface area (Å²) in [5.74, 6) is 1.57. The zero-order chi connectivity index (χ0) is 14.8. The molecule has 1 fully saturated rings. The summed E-state index contributed by atoms with van der Waals surface area (Å²) in [7, 11) is 0. The fourth-order valence-corrected chi connectivity index (χ4v) is 4.41. The highest BCUT2D eigenvalue weighted by atomic mass is 15.2. The van der Waals surface area contributed by atoms with E-state index in [-0.39, 0.29) is 6.04 Å². The summed E-state index contributed by atoms with van der Waals surface area (Å²) in [6, 6.07) is 9.53. The van der Waals surface area contributed by atoms with Crippen molar-refractivity contribution in [1.82, 2.24) is 4.90 Å². The molecule has 0 spiro atoms. The molecule has 1 aromatic carbocycles. The van der Waals surface area contributed by atoms with Gasteiger partial charge < -0.3 is 5.73 Å². The van der Waals surface area contributed by atoms with Crippen molar-refractivity contribution in [2.75, 3.05) is 13.1 Å².